The molecule has 0 fully saturated rings. The molecule has 1 aromatic heterocycles. The highest BCUT2D eigenvalue weighted by Crippen LogP contribution is 2.07. The zero-order valence-electron chi connectivity index (χ0n) is 11.2. The van der Waals surface area contributed by atoms with E-state index in [2.05, 4.69) is 15.6 Å². The maximum atomic E-state index is 13.4. The van der Waals surface area contributed by atoms with Crippen LogP contribution in [0, 0.1) is 5.82 Å². The number of pyridine rings is 1. The number of anilines is 1. The number of hydrogen-bond donors (Lipinski definition) is 2. The molecule has 0 aliphatic heterocycles. The van der Waals surface area contributed by atoms with Crippen molar-refractivity contribution in [3.63, 3.8) is 0 Å². The lowest BCUT2D eigenvalue weighted by Gasteiger charge is -2.06. The first-order valence-electron chi connectivity index (χ1n) is 6.36. The summed E-state index contributed by atoms with van der Waals surface area (Å²) in [4.78, 5) is 15.9. The van der Waals surface area contributed by atoms with Gasteiger partial charge in [-0.2, -0.15) is 0 Å². The molecule has 0 radical (unpaired) electrons. The second kappa shape index (κ2) is 6.65. The zero-order chi connectivity index (χ0) is 14.4. The minimum atomic E-state index is -0.260. The van der Waals surface area contributed by atoms with Gasteiger partial charge in [0.25, 0.3) is 5.91 Å². The molecular formula is C15H16FN3O. The molecule has 2 rings (SSSR count). The van der Waals surface area contributed by atoms with Gasteiger partial charge in [-0.1, -0.05) is 18.2 Å². The summed E-state index contributed by atoms with van der Waals surface area (Å²) in [7, 11) is 1.78. The second-order valence-electron chi connectivity index (χ2n) is 4.28. The van der Waals surface area contributed by atoms with Crippen LogP contribution in [0.5, 0.6) is 0 Å². The van der Waals surface area contributed by atoms with E-state index in [9.17, 15) is 9.18 Å². The van der Waals surface area contributed by atoms with E-state index in [0.717, 1.165) is 5.69 Å². The molecule has 0 aliphatic rings. The normalized spacial score (nSPS) is 10.1. The van der Waals surface area contributed by atoms with E-state index in [0.29, 0.717) is 24.2 Å². The summed E-state index contributed by atoms with van der Waals surface area (Å²) < 4.78 is 13.4. The fourth-order valence-corrected chi connectivity index (χ4v) is 1.78. The lowest BCUT2D eigenvalue weighted by Crippen LogP contribution is -2.26. The predicted octanol–water partition coefficient (Wildman–Crippen LogP) is 2.23. The predicted molar refractivity (Wildman–Crippen MR) is 76.2 cm³/mol. The molecule has 1 amide bonds. The summed E-state index contributed by atoms with van der Waals surface area (Å²) in [5.74, 6) is -0.512. The summed E-state index contributed by atoms with van der Waals surface area (Å²) in [6.07, 6.45) is 2.04. The second-order valence-corrected chi connectivity index (χ2v) is 4.28. The fourth-order valence-electron chi connectivity index (χ4n) is 1.78. The molecule has 20 heavy (non-hydrogen) atoms. The molecule has 0 bridgehead atoms. The van der Waals surface area contributed by atoms with Crippen LogP contribution < -0.4 is 10.6 Å². The molecule has 2 aromatic rings. The molecule has 0 saturated heterocycles. The number of hydrogen-bond acceptors (Lipinski definition) is 3. The van der Waals surface area contributed by atoms with Crippen molar-refractivity contribution < 1.29 is 9.18 Å². The molecule has 0 atom stereocenters. The average molecular weight is 273 g/mol. The molecule has 2 N–H and O–H groups in total. The Bertz CT molecular complexity index is 584. The van der Waals surface area contributed by atoms with Gasteiger partial charge in [-0.25, -0.2) is 9.37 Å². The van der Waals surface area contributed by atoms with E-state index in [1.54, 1.807) is 43.6 Å². The van der Waals surface area contributed by atoms with Crippen molar-refractivity contribution >= 4 is 11.6 Å². The van der Waals surface area contributed by atoms with Crippen molar-refractivity contribution in [1.82, 2.24) is 10.3 Å². The minimum Gasteiger partial charge on any atom is -0.387 e. The molecule has 0 unspecified atom stereocenters. The Hall–Kier alpha value is -2.43. The van der Waals surface area contributed by atoms with Crippen molar-refractivity contribution in [3.05, 3.63) is 59.7 Å². The monoisotopic (exact) mass is 273 g/mol. The van der Waals surface area contributed by atoms with Gasteiger partial charge in [-0.3, -0.25) is 4.79 Å². The number of rotatable bonds is 5. The smallest absolute Gasteiger partial charge is 0.269 e. The maximum absolute atomic E-state index is 13.4. The van der Waals surface area contributed by atoms with Gasteiger partial charge in [0.15, 0.2) is 0 Å². The van der Waals surface area contributed by atoms with Gasteiger partial charge < -0.3 is 10.6 Å². The van der Waals surface area contributed by atoms with Crippen LogP contribution in [0.2, 0.25) is 0 Å². The van der Waals surface area contributed by atoms with Gasteiger partial charge in [0.2, 0.25) is 0 Å². The summed E-state index contributed by atoms with van der Waals surface area (Å²) in [6, 6.07) is 9.96. The zero-order valence-corrected chi connectivity index (χ0v) is 11.2. The van der Waals surface area contributed by atoms with Gasteiger partial charge in [0.1, 0.15) is 11.5 Å². The number of amides is 1. The van der Waals surface area contributed by atoms with Gasteiger partial charge in [0.05, 0.1) is 11.9 Å². The molecule has 0 saturated carbocycles. The van der Waals surface area contributed by atoms with Crippen molar-refractivity contribution in [2.75, 3.05) is 18.9 Å². The maximum Gasteiger partial charge on any atom is 0.269 e. The van der Waals surface area contributed by atoms with Gasteiger partial charge >= 0.3 is 0 Å². The lowest BCUT2D eigenvalue weighted by molar-refractivity contribution is 0.0949. The molecule has 1 heterocycles. The van der Waals surface area contributed by atoms with Gasteiger partial charge in [-0.05, 0) is 30.2 Å². The van der Waals surface area contributed by atoms with Crippen LogP contribution in [0.1, 0.15) is 16.1 Å². The first kappa shape index (κ1) is 14.0. The van der Waals surface area contributed by atoms with E-state index in [1.807, 2.05) is 0 Å². The van der Waals surface area contributed by atoms with Crippen LogP contribution in [-0.4, -0.2) is 24.5 Å². The fraction of sp³-hybridized carbons (Fsp3) is 0.200. The van der Waals surface area contributed by atoms with E-state index in [1.165, 1.54) is 6.07 Å². The third kappa shape index (κ3) is 3.54. The molecule has 1 aromatic carbocycles. The molecule has 0 spiro atoms. The Morgan fingerprint density at radius 3 is 2.70 bits per heavy atom. The van der Waals surface area contributed by atoms with Crippen LogP contribution >= 0.6 is 0 Å². The van der Waals surface area contributed by atoms with Crippen molar-refractivity contribution in [1.29, 1.82) is 0 Å². The number of aromatic nitrogens is 1. The molecule has 4 nitrogen and oxygen atoms in total. The van der Waals surface area contributed by atoms with Gasteiger partial charge in [-0.15, -0.1) is 0 Å². The van der Waals surface area contributed by atoms with Crippen LogP contribution in [-0.2, 0) is 6.42 Å². The quantitative estimate of drug-likeness (QED) is 0.878. The number of halogens is 1. The van der Waals surface area contributed by atoms with Crippen LogP contribution in [0.15, 0.2) is 42.6 Å². The Balaban J connectivity index is 1.87. The summed E-state index contributed by atoms with van der Waals surface area (Å²) in [5.41, 5.74) is 1.77. The van der Waals surface area contributed by atoms with E-state index in [-0.39, 0.29) is 11.7 Å². The number of nitrogens with one attached hydrogen (secondary N) is 2. The molecule has 104 valence electrons. The Kier molecular flexibility index (Phi) is 4.65. The summed E-state index contributed by atoms with van der Waals surface area (Å²) in [5, 5.41) is 5.65. The Morgan fingerprint density at radius 1 is 1.25 bits per heavy atom. The highest BCUT2D eigenvalue weighted by molar-refractivity contribution is 5.92. The van der Waals surface area contributed by atoms with E-state index < -0.39 is 0 Å². The average Bonchev–Trinajstić information content (AvgIpc) is 2.49. The number of benzene rings is 1. The first-order valence-corrected chi connectivity index (χ1v) is 6.36. The Labute approximate surface area is 117 Å². The summed E-state index contributed by atoms with van der Waals surface area (Å²) in [6.45, 7) is 0.370. The topological polar surface area (TPSA) is 54.0 Å². The third-order valence-corrected chi connectivity index (χ3v) is 2.92. The van der Waals surface area contributed by atoms with Gasteiger partial charge in [0, 0.05) is 13.6 Å². The lowest BCUT2D eigenvalue weighted by atomic mass is 10.1. The van der Waals surface area contributed by atoms with Crippen LogP contribution in [0.3, 0.4) is 0 Å². The highest BCUT2D eigenvalue weighted by Gasteiger charge is 2.07. The van der Waals surface area contributed by atoms with Crippen molar-refractivity contribution in [2.45, 2.75) is 6.42 Å². The standard InChI is InChI=1S/C15H16FN3O/c1-17-12-6-7-14(19-10-12)15(20)18-9-8-11-4-2-3-5-13(11)16/h2-7,10,17H,8-9H2,1H3,(H,18,20). The van der Waals surface area contributed by atoms with Crippen molar-refractivity contribution in [3.8, 4) is 0 Å². The van der Waals surface area contributed by atoms with E-state index >= 15 is 0 Å². The van der Waals surface area contributed by atoms with Crippen LogP contribution in [0.4, 0.5) is 10.1 Å². The number of carbonyl (C=O) groups excluding carboxylic acids is 1. The van der Waals surface area contributed by atoms with E-state index in [4.69, 9.17) is 0 Å². The minimum absolute atomic E-state index is 0.252. The summed E-state index contributed by atoms with van der Waals surface area (Å²) >= 11 is 0. The molecular weight excluding hydrogens is 257 g/mol. The highest BCUT2D eigenvalue weighted by atomic mass is 19.1. The largest absolute Gasteiger partial charge is 0.387 e. The number of nitrogens with zero attached hydrogens (tertiary/aromatic N) is 1. The first-order chi connectivity index (χ1) is 9.70. The third-order valence-electron chi connectivity index (χ3n) is 2.92. The van der Waals surface area contributed by atoms with Crippen LogP contribution in [0.25, 0.3) is 0 Å². The SMILES string of the molecule is CNc1ccc(C(=O)NCCc2ccccc2F)nc1. The molecule has 0 aliphatic carbocycles. The molecule has 5 heteroatoms. The van der Waals surface area contributed by atoms with Crippen molar-refractivity contribution in [2.24, 2.45) is 0 Å². The number of carbonyl (C=O) groups is 1. The Morgan fingerprint density at radius 2 is 2.05 bits per heavy atom.